The molecule has 0 amide bonds. The Hall–Kier alpha value is -1.75. The maximum Gasteiger partial charge on any atom is 0.343 e. The third kappa shape index (κ3) is 12.9. The van der Waals surface area contributed by atoms with Crippen LogP contribution in [0.1, 0.15) is 119 Å². The molecular formula is C46H75IO8Si2. The Morgan fingerprint density at radius 3 is 2.11 bits per heavy atom. The summed E-state index contributed by atoms with van der Waals surface area (Å²) in [6, 6.07) is 12.4. The van der Waals surface area contributed by atoms with Gasteiger partial charge in [0.25, 0.3) is 0 Å². The number of hydrogen-bond donors (Lipinski definition) is 1. The Labute approximate surface area is 361 Å². The van der Waals surface area contributed by atoms with Gasteiger partial charge >= 0.3 is 5.97 Å². The minimum absolute atomic E-state index is 0.0242. The molecule has 1 fully saturated rings. The number of epoxide rings is 1. The highest BCUT2D eigenvalue weighted by atomic mass is 127. The topological polar surface area (TPSA) is 96.0 Å². The SMILES string of the molecule is CCCC(=CCOc1c(I)cc(CC(C)C)c(OCc2ccccc2)c1CO[Si](C)(C)C(C)(C)C)C(O)C[C@@H](O[Si](C)(C)C(C)(C)C)[C@]1(C(=O)OCC)O[C@H]1CC. The summed E-state index contributed by atoms with van der Waals surface area (Å²) in [6.07, 6.45) is 3.33. The second-order valence-corrected chi connectivity index (χ2v) is 29.8. The minimum Gasteiger partial charge on any atom is -0.488 e. The normalized spacial score (nSPS) is 19.1. The fourth-order valence-electron chi connectivity index (χ4n) is 6.53. The van der Waals surface area contributed by atoms with Crippen LogP contribution in [0.2, 0.25) is 36.3 Å². The predicted molar refractivity (Wildman–Crippen MR) is 246 cm³/mol. The molecule has 1 aliphatic rings. The van der Waals surface area contributed by atoms with Crippen LogP contribution in [0.4, 0.5) is 0 Å². The van der Waals surface area contributed by atoms with E-state index < -0.39 is 40.4 Å². The van der Waals surface area contributed by atoms with Crippen molar-refractivity contribution >= 4 is 45.2 Å². The summed E-state index contributed by atoms with van der Waals surface area (Å²) in [4.78, 5) is 13.6. The maximum absolute atomic E-state index is 13.6. The average Bonchev–Trinajstić information content (AvgIpc) is 3.86. The lowest BCUT2D eigenvalue weighted by molar-refractivity contribution is -0.154. The van der Waals surface area contributed by atoms with Crippen molar-refractivity contribution in [3.8, 4) is 11.5 Å². The van der Waals surface area contributed by atoms with Gasteiger partial charge in [0.15, 0.2) is 16.6 Å². The van der Waals surface area contributed by atoms with Gasteiger partial charge in [-0.05, 0) is 120 Å². The number of benzene rings is 2. The zero-order chi connectivity index (χ0) is 43.0. The zero-order valence-electron chi connectivity index (χ0n) is 37.9. The third-order valence-electron chi connectivity index (χ3n) is 12.0. The van der Waals surface area contributed by atoms with Gasteiger partial charge < -0.3 is 32.9 Å². The molecule has 0 radical (unpaired) electrons. The second-order valence-electron chi connectivity index (χ2n) is 19.1. The first-order valence-corrected chi connectivity index (χ1v) is 28.0. The molecular weight excluding hydrogens is 864 g/mol. The first kappa shape index (κ1) is 49.6. The van der Waals surface area contributed by atoms with Crippen molar-refractivity contribution < 1.29 is 37.7 Å². The second kappa shape index (κ2) is 20.7. The summed E-state index contributed by atoms with van der Waals surface area (Å²) in [6.45, 7) is 33.8. The Bertz CT molecular complexity index is 1630. The number of aliphatic hydroxyl groups excluding tert-OH is 1. The van der Waals surface area contributed by atoms with E-state index in [9.17, 15) is 9.90 Å². The van der Waals surface area contributed by atoms with Gasteiger partial charge in [-0.1, -0.05) is 106 Å². The maximum atomic E-state index is 13.6. The first-order chi connectivity index (χ1) is 26.4. The van der Waals surface area contributed by atoms with Gasteiger partial charge in [0.05, 0.1) is 34.6 Å². The number of carbonyl (C=O) groups is 1. The van der Waals surface area contributed by atoms with E-state index in [0.717, 1.165) is 50.2 Å². The van der Waals surface area contributed by atoms with Gasteiger partial charge in [-0.15, -0.1) is 0 Å². The van der Waals surface area contributed by atoms with Crippen LogP contribution in [0, 0.1) is 9.49 Å². The Morgan fingerprint density at radius 2 is 1.58 bits per heavy atom. The molecule has 0 bridgehead atoms. The number of aliphatic hydroxyl groups is 1. The Balaban J connectivity index is 2.05. The molecule has 1 N–H and O–H groups in total. The number of rotatable bonds is 22. The number of esters is 1. The minimum atomic E-state index is -2.40. The smallest absolute Gasteiger partial charge is 0.343 e. The molecule has 57 heavy (non-hydrogen) atoms. The van der Waals surface area contributed by atoms with Crippen molar-refractivity contribution in [2.24, 2.45) is 5.92 Å². The van der Waals surface area contributed by atoms with E-state index in [0.29, 0.717) is 32.0 Å². The molecule has 0 aromatic heterocycles. The largest absolute Gasteiger partial charge is 0.488 e. The van der Waals surface area contributed by atoms with E-state index in [1.807, 2.05) is 31.2 Å². The molecule has 3 rings (SSSR count). The number of hydrogen-bond acceptors (Lipinski definition) is 8. The van der Waals surface area contributed by atoms with Crippen molar-refractivity contribution in [2.75, 3.05) is 13.2 Å². The van der Waals surface area contributed by atoms with Crippen LogP contribution in [0.5, 0.6) is 11.5 Å². The molecule has 0 saturated carbocycles. The highest BCUT2D eigenvalue weighted by Crippen LogP contribution is 2.49. The van der Waals surface area contributed by atoms with E-state index in [1.54, 1.807) is 6.92 Å². The van der Waals surface area contributed by atoms with Crippen LogP contribution in [-0.2, 0) is 42.8 Å². The van der Waals surface area contributed by atoms with Gasteiger partial charge in [-0.25, -0.2) is 4.79 Å². The lowest BCUT2D eigenvalue weighted by Gasteiger charge is -2.41. The molecule has 11 heteroatoms. The highest BCUT2D eigenvalue weighted by Gasteiger charge is 2.69. The standard InChI is InChI=1S/C46H75IO8Si2/c1-16-22-34(38(48)29-40(55-57(14,15)45(9,10)11)46(39(17-2)54-46)43(49)50-18-3)25-26-51-42-36(31-53-56(12,13)44(6,7)8)41(35(27-32(4)5)28-37(42)47)52-30-33-23-20-19-21-24-33/h19-21,23-25,28,32,38-40,48H,16-18,22,26-27,29-31H2,1-15H3/t38?,39-,40+,46+/m0/s1. The Kier molecular flexibility index (Phi) is 18.0. The van der Waals surface area contributed by atoms with Crippen molar-refractivity contribution in [3.05, 3.63) is 68.3 Å². The highest BCUT2D eigenvalue weighted by molar-refractivity contribution is 14.1. The molecule has 0 aliphatic carbocycles. The van der Waals surface area contributed by atoms with E-state index in [-0.39, 0.29) is 35.8 Å². The van der Waals surface area contributed by atoms with Crippen molar-refractivity contribution in [1.29, 1.82) is 0 Å². The summed E-state index contributed by atoms with van der Waals surface area (Å²) < 4.78 is 40.1. The molecule has 1 heterocycles. The van der Waals surface area contributed by atoms with Crippen LogP contribution in [-0.4, -0.2) is 64.8 Å². The van der Waals surface area contributed by atoms with Crippen molar-refractivity contribution in [2.45, 2.75) is 182 Å². The average molecular weight is 939 g/mol. The van der Waals surface area contributed by atoms with E-state index >= 15 is 0 Å². The van der Waals surface area contributed by atoms with Gasteiger partial charge in [-0.2, -0.15) is 0 Å². The molecule has 322 valence electrons. The lowest BCUT2D eigenvalue weighted by atomic mass is 9.89. The number of ether oxygens (including phenoxy) is 4. The van der Waals surface area contributed by atoms with E-state index in [2.05, 4.69) is 129 Å². The molecule has 1 saturated heterocycles. The molecule has 2 aromatic carbocycles. The van der Waals surface area contributed by atoms with Crippen LogP contribution in [0.25, 0.3) is 0 Å². The van der Waals surface area contributed by atoms with E-state index in [4.69, 9.17) is 27.8 Å². The van der Waals surface area contributed by atoms with Crippen LogP contribution >= 0.6 is 22.6 Å². The monoisotopic (exact) mass is 938 g/mol. The summed E-state index contributed by atoms with van der Waals surface area (Å²) in [7, 11) is -4.55. The molecule has 1 aliphatic heterocycles. The van der Waals surface area contributed by atoms with E-state index in [1.165, 1.54) is 0 Å². The summed E-state index contributed by atoms with van der Waals surface area (Å²) in [5.41, 5.74) is 2.76. The quantitative estimate of drug-likeness (QED) is 0.0410. The van der Waals surface area contributed by atoms with Gasteiger partial charge in [0.2, 0.25) is 5.60 Å². The molecule has 1 unspecified atom stereocenters. The lowest BCUT2D eigenvalue weighted by Crippen LogP contribution is -2.53. The predicted octanol–water partition coefficient (Wildman–Crippen LogP) is 11.9. The molecule has 2 aromatic rings. The van der Waals surface area contributed by atoms with Crippen molar-refractivity contribution in [1.82, 2.24) is 0 Å². The van der Waals surface area contributed by atoms with Crippen LogP contribution in [0.3, 0.4) is 0 Å². The Morgan fingerprint density at radius 1 is 0.947 bits per heavy atom. The van der Waals surface area contributed by atoms with Crippen molar-refractivity contribution in [3.63, 3.8) is 0 Å². The zero-order valence-corrected chi connectivity index (χ0v) is 42.1. The number of carbonyl (C=O) groups excluding carboxylic acids is 1. The fourth-order valence-corrected chi connectivity index (χ4v) is 9.66. The van der Waals surface area contributed by atoms with Gasteiger partial charge in [-0.3, -0.25) is 0 Å². The third-order valence-corrected chi connectivity index (χ3v) is 21.8. The summed E-state index contributed by atoms with van der Waals surface area (Å²) in [5.74, 6) is 1.57. The van der Waals surface area contributed by atoms with Crippen LogP contribution < -0.4 is 9.47 Å². The molecule has 8 nitrogen and oxygen atoms in total. The van der Waals surface area contributed by atoms with Gasteiger partial charge in [0, 0.05) is 6.42 Å². The molecule has 4 atom stereocenters. The fraction of sp³-hybridized carbons (Fsp3) is 0.674. The first-order valence-electron chi connectivity index (χ1n) is 21.1. The number of halogens is 1. The summed E-state index contributed by atoms with van der Waals surface area (Å²) >= 11 is 2.38. The van der Waals surface area contributed by atoms with Gasteiger partial charge in [0.1, 0.15) is 30.8 Å². The summed E-state index contributed by atoms with van der Waals surface area (Å²) in [5, 5.41) is 11.9. The van der Waals surface area contributed by atoms with Crippen LogP contribution in [0.15, 0.2) is 48.0 Å². The molecule has 0 spiro atoms.